The van der Waals surface area contributed by atoms with E-state index in [1.807, 2.05) is 13.0 Å². The standard InChI is InChI=1S/C28H30O7/c1-26-12-10-18(29)14-17(26)8-9-19-20-11-13-28(23(31)24(32)33,27(20,2)15-21(30)22(19)26)35-25(34)16-6-4-3-5-7-16/h3-7,10,12,14,19-22,30H,8-9,11,13,15H2,1-2H3,(H,32,33)/t19-,20-,21?,22+,26-,27-,28-/m0/s1. The van der Waals surface area contributed by atoms with Crippen molar-refractivity contribution < 1.29 is 34.1 Å². The molecule has 0 heterocycles. The van der Waals surface area contributed by atoms with Crippen LogP contribution in [0.5, 0.6) is 0 Å². The molecule has 0 spiro atoms. The van der Waals surface area contributed by atoms with Crippen molar-refractivity contribution in [2.24, 2.45) is 28.6 Å². The Kier molecular flexibility index (Phi) is 5.40. The summed E-state index contributed by atoms with van der Waals surface area (Å²) in [4.78, 5) is 50.4. The molecule has 7 nitrogen and oxygen atoms in total. The maximum atomic E-state index is 13.3. The fraction of sp³-hybridized carbons (Fsp3) is 0.500. The molecule has 0 bridgehead atoms. The lowest BCUT2D eigenvalue weighted by molar-refractivity contribution is -0.184. The highest BCUT2D eigenvalue weighted by Gasteiger charge is 2.71. The van der Waals surface area contributed by atoms with Gasteiger partial charge in [0.05, 0.1) is 11.7 Å². The lowest BCUT2D eigenvalue weighted by Gasteiger charge is -2.59. The molecular weight excluding hydrogens is 448 g/mol. The molecule has 1 aromatic rings. The highest BCUT2D eigenvalue weighted by Crippen LogP contribution is 2.68. The maximum Gasteiger partial charge on any atom is 0.376 e. The van der Waals surface area contributed by atoms with Crippen LogP contribution in [0.15, 0.2) is 54.1 Å². The molecule has 3 saturated carbocycles. The van der Waals surface area contributed by atoms with Gasteiger partial charge in [0.2, 0.25) is 0 Å². The number of aliphatic carboxylic acids is 1. The summed E-state index contributed by atoms with van der Waals surface area (Å²) in [5.41, 5.74) is -2.14. The number of carboxylic acids is 1. The van der Waals surface area contributed by atoms with Crippen molar-refractivity contribution in [3.63, 3.8) is 0 Å². The smallest absolute Gasteiger partial charge is 0.376 e. The van der Waals surface area contributed by atoms with Crippen molar-refractivity contribution in [3.05, 3.63) is 59.7 Å². The topological polar surface area (TPSA) is 118 Å². The second-order valence-corrected chi connectivity index (χ2v) is 11.0. The zero-order valence-corrected chi connectivity index (χ0v) is 19.9. The lowest BCUT2D eigenvalue weighted by atomic mass is 9.46. The molecule has 0 amide bonds. The summed E-state index contributed by atoms with van der Waals surface area (Å²) in [6.07, 6.45) is 6.42. The van der Waals surface area contributed by atoms with Crippen LogP contribution in [-0.2, 0) is 19.1 Å². The zero-order valence-electron chi connectivity index (χ0n) is 19.9. The van der Waals surface area contributed by atoms with Crippen LogP contribution < -0.4 is 0 Å². The van der Waals surface area contributed by atoms with Crippen LogP contribution in [0.1, 0.15) is 56.3 Å². The average molecular weight is 479 g/mol. The number of carbonyl (C=O) groups is 4. The van der Waals surface area contributed by atoms with Crippen molar-refractivity contribution >= 4 is 23.5 Å². The van der Waals surface area contributed by atoms with Gasteiger partial charge in [0.1, 0.15) is 0 Å². The van der Waals surface area contributed by atoms with E-state index in [0.29, 0.717) is 19.3 Å². The first-order chi connectivity index (χ1) is 16.5. The quantitative estimate of drug-likeness (QED) is 0.502. The van der Waals surface area contributed by atoms with E-state index >= 15 is 0 Å². The third kappa shape index (κ3) is 3.28. The molecule has 3 fully saturated rings. The van der Waals surface area contributed by atoms with Crippen molar-refractivity contribution in [1.29, 1.82) is 0 Å². The number of fused-ring (bicyclic) bond motifs is 5. The monoisotopic (exact) mass is 478 g/mol. The summed E-state index contributed by atoms with van der Waals surface area (Å²) >= 11 is 0. The SMILES string of the molecule is C[C@]12C=CC(=O)C=C1CC[C@@H]1[C@@H]2C(O)C[C@@]2(C)[C@H]1CC[C@]2(OC(=O)c1ccccc1)C(=O)C(=O)O. The van der Waals surface area contributed by atoms with E-state index in [0.717, 1.165) is 5.57 Å². The van der Waals surface area contributed by atoms with Crippen LogP contribution in [0.2, 0.25) is 0 Å². The van der Waals surface area contributed by atoms with E-state index in [-0.39, 0.29) is 41.9 Å². The maximum absolute atomic E-state index is 13.3. The van der Waals surface area contributed by atoms with Crippen molar-refractivity contribution in [3.8, 4) is 0 Å². The molecule has 5 rings (SSSR count). The number of benzene rings is 1. The number of allylic oxidation sites excluding steroid dienone is 4. The van der Waals surface area contributed by atoms with Gasteiger partial charge in [-0.15, -0.1) is 0 Å². The number of rotatable bonds is 4. The Morgan fingerprint density at radius 3 is 2.49 bits per heavy atom. The van der Waals surface area contributed by atoms with Gasteiger partial charge in [0.25, 0.3) is 5.78 Å². The second kappa shape index (κ2) is 7.98. The molecule has 7 atom stereocenters. The van der Waals surface area contributed by atoms with Gasteiger partial charge in [-0.25, -0.2) is 9.59 Å². The van der Waals surface area contributed by atoms with Crippen LogP contribution >= 0.6 is 0 Å². The Bertz CT molecular complexity index is 1170. The number of Topliss-reactive ketones (excluding diaryl/α,β-unsaturated/α-hetero) is 1. The molecule has 1 unspecified atom stereocenters. The highest BCUT2D eigenvalue weighted by atomic mass is 16.6. The summed E-state index contributed by atoms with van der Waals surface area (Å²) in [7, 11) is 0. The number of aliphatic hydroxyl groups excluding tert-OH is 1. The first-order valence-electron chi connectivity index (χ1n) is 12.2. The fourth-order valence-corrected chi connectivity index (χ4v) is 7.86. The molecule has 184 valence electrons. The van der Waals surface area contributed by atoms with Crippen LogP contribution in [0.4, 0.5) is 0 Å². The molecule has 0 aliphatic heterocycles. The molecule has 0 radical (unpaired) electrons. The number of hydrogen-bond donors (Lipinski definition) is 2. The van der Waals surface area contributed by atoms with Crippen LogP contribution in [-0.4, -0.2) is 45.4 Å². The van der Waals surface area contributed by atoms with E-state index in [1.54, 1.807) is 49.4 Å². The first kappa shape index (κ1) is 23.7. The Morgan fingerprint density at radius 2 is 1.80 bits per heavy atom. The summed E-state index contributed by atoms with van der Waals surface area (Å²) < 4.78 is 5.90. The number of ketones is 2. The number of carboxylic acid groups (broad SMARTS) is 1. The van der Waals surface area contributed by atoms with Crippen molar-refractivity contribution in [2.45, 2.75) is 57.7 Å². The third-order valence-corrected chi connectivity index (χ3v) is 9.45. The number of esters is 1. The van der Waals surface area contributed by atoms with Gasteiger partial charge in [-0.1, -0.05) is 43.7 Å². The van der Waals surface area contributed by atoms with Crippen LogP contribution in [0.25, 0.3) is 0 Å². The molecule has 2 N–H and O–H groups in total. The average Bonchev–Trinajstić information content (AvgIpc) is 3.11. The minimum Gasteiger partial charge on any atom is -0.475 e. The fourth-order valence-electron chi connectivity index (χ4n) is 7.86. The zero-order chi connectivity index (χ0) is 25.2. The van der Waals surface area contributed by atoms with Crippen molar-refractivity contribution in [2.75, 3.05) is 0 Å². The van der Waals surface area contributed by atoms with Gasteiger partial charge in [0.15, 0.2) is 11.4 Å². The highest BCUT2D eigenvalue weighted by molar-refractivity contribution is 6.36. The third-order valence-electron chi connectivity index (χ3n) is 9.45. The van der Waals surface area contributed by atoms with E-state index in [1.165, 1.54) is 0 Å². The predicted octanol–water partition coefficient (Wildman–Crippen LogP) is 3.51. The van der Waals surface area contributed by atoms with Gasteiger partial charge in [-0.3, -0.25) is 9.59 Å². The van der Waals surface area contributed by atoms with Gasteiger partial charge in [-0.2, -0.15) is 0 Å². The van der Waals surface area contributed by atoms with E-state index in [4.69, 9.17) is 4.74 Å². The Balaban J connectivity index is 1.56. The molecule has 4 aliphatic rings. The molecule has 35 heavy (non-hydrogen) atoms. The molecular formula is C28H30O7. The number of carbonyl (C=O) groups excluding carboxylic acids is 3. The van der Waals surface area contributed by atoms with E-state index in [9.17, 15) is 29.4 Å². The first-order valence-corrected chi connectivity index (χ1v) is 12.2. The Hall–Kier alpha value is -3.06. The van der Waals surface area contributed by atoms with E-state index < -0.39 is 40.3 Å². The molecule has 0 saturated heterocycles. The molecule has 7 heteroatoms. The Labute approximate surface area is 203 Å². The minimum atomic E-state index is -1.86. The summed E-state index contributed by atoms with van der Waals surface area (Å²) in [6, 6.07) is 8.22. The minimum absolute atomic E-state index is 0.0114. The van der Waals surface area contributed by atoms with E-state index in [2.05, 4.69) is 0 Å². The number of hydrogen-bond acceptors (Lipinski definition) is 6. The van der Waals surface area contributed by atoms with Gasteiger partial charge < -0.3 is 14.9 Å². The van der Waals surface area contributed by atoms with Gasteiger partial charge in [0, 0.05) is 16.7 Å². The van der Waals surface area contributed by atoms with Gasteiger partial charge in [-0.05, 0) is 68.2 Å². The van der Waals surface area contributed by atoms with Crippen molar-refractivity contribution in [1.82, 2.24) is 0 Å². The van der Waals surface area contributed by atoms with Crippen LogP contribution in [0, 0.1) is 28.6 Å². The molecule has 1 aromatic carbocycles. The number of aliphatic hydroxyl groups is 1. The summed E-state index contributed by atoms with van der Waals surface area (Å²) in [6.45, 7) is 3.85. The summed E-state index contributed by atoms with van der Waals surface area (Å²) in [5, 5.41) is 21.3. The second-order valence-electron chi connectivity index (χ2n) is 11.0. The normalized spacial score (nSPS) is 39.6. The molecule has 0 aromatic heterocycles. The molecule has 4 aliphatic carbocycles. The summed E-state index contributed by atoms with van der Waals surface area (Å²) in [5.74, 6) is -3.87. The largest absolute Gasteiger partial charge is 0.475 e. The number of ether oxygens (including phenoxy) is 1. The van der Waals surface area contributed by atoms with Crippen LogP contribution in [0.3, 0.4) is 0 Å². The predicted molar refractivity (Wildman–Crippen MR) is 125 cm³/mol. The lowest BCUT2D eigenvalue weighted by Crippen LogP contribution is -2.63. The van der Waals surface area contributed by atoms with Gasteiger partial charge >= 0.3 is 11.9 Å². The Morgan fingerprint density at radius 1 is 1.09 bits per heavy atom.